The van der Waals surface area contributed by atoms with Gasteiger partial charge < -0.3 is 14.2 Å². The van der Waals surface area contributed by atoms with E-state index in [1.54, 1.807) is 6.33 Å². The van der Waals surface area contributed by atoms with Crippen LogP contribution in [0.15, 0.2) is 55.2 Å². The molecule has 3 aromatic rings. The van der Waals surface area contributed by atoms with E-state index in [0.29, 0.717) is 18.1 Å². The monoisotopic (exact) mass is 379 g/mol. The standard InChI is InChI=1S/C22H19F2N3O/c1-13-26(2)18-10-14(6-9-19(18)28-13)11-27-12-25-21(22(27)15-7-8-15)20-16(23)4-3-5-17(20)24/h3-6,9-10,12,15H,1,7-8,11H2,2H3. The summed E-state index contributed by atoms with van der Waals surface area (Å²) >= 11 is 0. The van der Waals surface area contributed by atoms with Gasteiger partial charge >= 0.3 is 0 Å². The van der Waals surface area contributed by atoms with Gasteiger partial charge in [-0.15, -0.1) is 0 Å². The second-order valence-corrected chi connectivity index (χ2v) is 7.33. The van der Waals surface area contributed by atoms with Gasteiger partial charge in [-0.3, -0.25) is 0 Å². The molecule has 0 unspecified atom stereocenters. The van der Waals surface area contributed by atoms with Crippen molar-refractivity contribution in [3.05, 3.63) is 78.1 Å². The Hall–Kier alpha value is -3.15. The fourth-order valence-electron chi connectivity index (χ4n) is 3.76. The molecule has 142 valence electrons. The summed E-state index contributed by atoms with van der Waals surface area (Å²) in [6.07, 6.45) is 3.70. The number of rotatable bonds is 4. The van der Waals surface area contributed by atoms with Crippen LogP contribution < -0.4 is 9.64 Å². The van der Waals surface area contributed by atoms with Gasteiger partial charge in [0.25, 0.3) is 0 Å². The van der Waals surface area contributed by atoms with Crippen molar-refractivity contribution in [3.8, 4) is 17.0 Å². The van der Waals surface area contributed by atoms with Crippen molar-refractivity contribution >= 4 is 5.69 Å². The Morgan fingerprint density at radius 1 is 1.18 bits per heavy atom. The number of benzene rings is 2. The van der Waals surface area contributed by atoms with Crippen molar-refractivity contribution in [2.75, 3.05) is 11.9 Å². The number of halogens is 2. The SMILES string of the molecule is C=C1Oc2ccc(Cn3cnc(-c4c(F)cccc4F)c3C3CC3)cc2N1C. The first kappa shape index (κ1) is 17.0. The number of ether oxygens (including phenoxy) is 1. The lowest BCUT2D eigenvalue weighted by atomic mass is 10.1. The highest BCUT2D eigenvalue weighted by molar-refractivity contribution is 5.67. The molecule has 1 aromatic heterocycles. The predicted molar refractivity (Wildman–Crippen MR) is 103 cm³/mol. The fraction of sp³-hybridized carbons (Fsp3) is 0.227. The Morgan fingerprint density at radius 2 is 1.93 bits per heavy atom. The van der Waals surface area contributed by atoms with Gasteiger partial charge in [0.1, 0.15) is 11.6 Å². The zero-order valence-electron chi connectivity index (χ0n) is 15.5. The molecule has 0 radical (unpaired) electrons. The molecular formula is C22H19F2N3O. The van der Waals surface area contributed by atoms with E-state index in [1.807, 2.05) is 34.7 Å². The zero-order valence-corrected chi connectivity index (χ0v) is 15.5. The van der Waals surface area contributed by atoms with Crippen LogP contribution in [0.25, 0.3) is 11.3 Å². The quantitative estimate of drug-likeness (QED) is 0.635. The number of imidazole rings is 1. The molecule has 2 aromatic carbocycles. The molecular weight excluding hydrogens is 360 g/mol. The van der Waals surface area contributed by atoms with E-state index in [9.17, 15) is 8.78 Å². The minimum absolute atomic E-state index is 0.0402. The lowest BCUT2D eigenvalue weighted by Gasteiger charge is -2.13. The number of hydrogen-bond acceptors (Lipinski definition) is 3. The van der Waals surface area contributed by atoms with Crippen molar-refractivity contribution in [2.24, 2.45) is 0 Å². The predicted octanol–water partition coefficient (Wildman–Crippen LogP) is 5.05. The molecule has 5 rings (SSSR count). The highest BCUT2D eigenvalue weighted by Gasteiger charge is 2.32. The van der Waals surface area contributed by atoms with Gasteiger partial charge in [-0.25, -0.2) is 13.8 Å². The van der Waals surface area contributed by atoms with Crippen LogP contribution in [0.1, 0.15) is 30.0 Å². The van der Waals surface area contributed by atoms with Crippen LogP contribution in [0.3, 0.4) is 0 Å². The minimum Gasteiger partial charge on any atom is -0.439 e. The lowest BCUT2D eigenvalue weighted by Crippen LogP contribution is -2.12. The highest BCUT2D eigenvalue weighted by Crippen LogP contribution is 2.45. The molecule has 28 heavy (non-hydrogen) atoms. The van der Waals surface area contributed by atoms with Crippen LogP contribution in [0.5, 0.6) is 5.75 Å². The molecule has 1 fully saturated rings. The fourth-order valence-corrected chi connectivity index (χ4v) is 3.76. The summed E-state index contributed by atoms with van der Waals surface area (Å²) in [6, 6.07) is 9.89. The van der Waals surface area contributed by atoms with Crippen molar-refractivity contribution < 1.29 is 13.5 Å². The minimum atomic E-state index is -0.582. The summed E-state index contributed by atoms with van der Waals surface area (Å²) in [5.74, 6) is 0.491. The first-order valence-electron chi connectivity index (χ1n) is 9.25. The Balaban J connectivity index is 1.54. The first-order chi connectivity index (χ1) is 13.5. The molecule has 0 bridgehead atoms. The van der Waals surface area contributed by atoms with E-state index >= 15 is 0 Å². The molecule has 1 saturated carbocycles. The first-order valence-corrected chi connectivity index (χ1v) is 9.25. The average Bonchev–Trinajstić information content (AvgIpc) is 3.37. The van der Waals surface area contributed by atoms with Gasteiger partial charge in [-0.2, -0.15) is 0 Å². The van der Waals surface area contributed by atoms with Gasteiger partial charge in [0, 0.05) is 25.2 Å². The maximum Gasteiger partial charge on any atom is 0.193 e. The molecule has 0 atom stereocenters. The lowest BCUT2D eigenvalue weighted by molar-refractivity contribution is 0.446. The van der Waals surface area contributed by atoms with Gasteiger partial charge in [0.15, 0.2) is 11.6 Å². The molecule has 0 N–H and O–H groups in total. The normalized spacial score (nSPS) is 15.7. The van der Waals surface area contributed by atoms with Crippen LogP contribution >= 0.6 is 0 Å². The van der Waals surface area contributed by atoms with Crippen molar-refractivity contribution in [2.45, 2.75) is 25.3 Å². The molecule has 6 heteroatoms. The summed E-state index contributed by atoms with van der Waals surface area (Å²) < 4.78 is 36.3. The van der Waals surface area contributed by atoms with Crippen LogP contribution in [0.4, 0.5) is 14.5 Å². The third-order valence-electron chi connectivity index (χ3n) is 5.38. The highest BCUT2D eigenvalue weighted by atomic mass is 19.1. The van der Waals surface area contributed by atoms with Gasteiger partial charge in [0.2, 0.25) is 0 Å². The molecule has 0 saturated heterocycles. The van der Waals surface area contributed by atoms with Crippen LogP contribution in [0.2, 0.25) is 0 Å². The van der Waals surface area contributed by atoms with Gasteiger partial charge in [0.05, 0.1) is 23.3 Å². The van der Waals surface area contributed by atoms with E-state index in [0.717, 1.165) is 35.5 Å². The Kier molecular flexibility index (Phi) is 3.75. The number of hydrogen-bond donors (Lipinski definition) is 0. The van der Waals surface area contributed by atoms with E-state index in [4.69, 9.17) is 4.74 Å². The van der Waals surface area contributed by atoms with E-state index in [2.05, 4.69) is 11.6 Å². The third-order valence-corrected chi connectivity index (χ3v) is 5.38. The zero-order chi connectivity index (χ0) is 19.4. The summed E-state index contributed by atoms with van der Waals surface area (Å²) in [5, 5.41) is 0. The van der Waals surface area contributed by atoms with E-state index in [1.165, 1.54) is 18.2 Å². The summed E-state index contributed by atoms with van der Waals surface area (Å²) in [4.78, 5) is 6.30. The largest absolute Gasteiger partial charge is 0.439 e. The number of fused-ring (bicyclic) bond motifs is 1. The molecule has 2 heterocycles. The second-order valence-electron chi connectivity index (χ2n) is 7.33. The van der Waals surface area contributed by atoms with Crippen LogP contribution in [-0.2, 0) is 6.54 Å². The molecule has 0 spiro atoms. The average molecular weight is 379 g/mol. The second kappa shape index (κ2) is 6.19. The Labute approximate surface area is 161 Å². The van der Waals surface area contributed by atoms with E-state index < -0.39 is 11.6 Å². The number of nitrogens with zero attached hydrogens (tertiary/aromatic N) is 3. The topological polar surface area (TPSA) is 30.3 Å². The molecule has 1 aliphatic carbocycles. The third kappa shape index (κ3) is 2.68. The Morgan fingerprint density at radius 3 is 2.64 bits per heavy atom. The summed E-state index contributed by atoms with van der Waals surface area (Å²) in [7, 11) is 1.91. The number of anilines is 1. The summed E-state index contributed by atoms with van der Waals surface area (Å²) in [5.41, 5.74) is 3.29. The van der Waals surface area contributed by atoms with Crippen LogP contribution in [-0.4, -0.2) is 16.6 Å². The molecule has 0 amide bonds. The van der Waals surface area contributed by atoms with Gasteiger partial charge in [-0.1, -0.05) is 12.1 Å². The van der Waals surface area contributed by atoms with Crippen molar-refractivity contribution in [3.63, 3.8) is 0 Å². The molecule has 2 aliphatic rings. The van der Waals surface area contributed by atoms with Crippen LogP contribution in [0, 0.1) is 11.6 Å². The van der Waals surface area contributed by atoms with Crippen molar-refractivity contribution in [1.29, 1.82) is 0 Å². The van der Waals surface area contributed by atoms with Gasteiger partial charge in [-0.05, 0) is 49.2 Å². The summed E-state index contributed by atoms with van der Waals surface area (Å²) in [6.45, 7) is 4.45. The van der Waals surface area contributed by atoms with E-state index in [-0.39, 0.29) is 11.5 Å². The molecule has 1 aliphatic heterocycles. The Bertz CT molecular complexity index is 1080. The van der Waals surface area contributed by atoms with Crippen molar-refractivity contribution in [1.82, 2.24) is 9.55 Å². The number of aromatic nitrogens is 2. The maximum absolute atomic E-state index is 14.3. The smallest absolute Gasteiger partial charge is 0.193 e. The molecule has 4 nitrogen and oxygen atoms in total. The maximum atomic E-state index is 14.3.